The second kappa shape index (κ2) is 7.35. The van der Waals surface area contributed by atoms with E-state index in [1.165, 1.54) is 28.5 Å². The molecule has 0 saturated carbocycles. The molecule has 0 amide bonds. The summed E-state index contributed by atoms with van der Waals surface area (Å²) in [5.41, 5.74) is 1.62. The largest absolute Gasteiger partial charge is 0.369 e. The van der Waals surface area contributed by atoms with Gasteiger partial charge in [-0.15, -0.1) is 0 Å². The average Bonchev–Trinajstić information content (AvgIpc) is 2.69. The van der Waals surface area contributed by atoms with Crippen molar-refractivity contribution in [2.24, 2.45) is 5.92 Å². The molecule has 1 fully saturated rings. The molecule has 0 aliphatic carbocycles. The summed E-state index contributed by atoms with van der Waals surface area (Å²) >= 11 is 0. The van der Waals surface area contributed by atoms with Gasteiger partial charge in [-0.1, -0.05) is 42.5 Å². The van der Waals surface area contributed by atoms with Gasteiger partial charge in [-0.2, -0.15) is 0 Å². The maximum absolute atomic E-state index is 14.3. The first kappa shape index (κ1) is 17.5. The van der Waals surface area contributed by atoms with Crippen LogP contribution in [-0.2, 0) is 6.42 Å². The molecule has 0 radical (unpaired) electrons. The van der Waals surface area contributed by atoms with Gasteiger partial charge in [0.2, 0.25) is 0 Å². The number of non-ortho nitro benzene ring substituents is 1. The fourth-order valence-corrected chi connectivity index (χ4v) is 4.03. The van der Waals surface area contributed by atoms with Gasteiger partial charge in [0.05, 0.1) is 16.7 Å². The highest BCUT2D eigenvalue weighted by Crippen LogP contribution is 2.30. The van der Waals surface area contributed by atoms with E-state index in [0.717, 1.165) is 38.4 Å². The van der Waals surface area contributed by atoms with Crippen molar-refractivity contribution in [2.45, 2.75) is 19.3 Å². The Morgan fingerprint density at radius 1 is 1.04 bits per heavy atom. The minimum absolute atomic E-state index is 0.206. The molecule has 0 atom stereocenters. The highest BCUT2D eigenvalue weighted by molar-refractivity contribution is 5.85. The minimum Gasteiger partial charge on any atom is -0.369 e. The number of nitro groups is 1. The number of hydrogen-bond donors (Lipinski definition) is 0. The molecule has 0 bridgehead atoms. The van der Waals surface area contributed by atoms with Crippen LogP contribution >= 0.6 is 0 Å². The lowest BCUT2D eigenvalue weighted by molar-refractivity contribution is -0.385. The van der Waals surface area contributed by atoms with Crippen molar-refractivity contribution in [3.8, 4) is 0 Å². The quantitative estimate of drug-likeness (QED) is 0.463. The Kier molecular flexibility index (Phi) is 4.75. The molecule has 27 heavy (non-hydrogen) atoms. The molecule has 138 valence electrons. The molecule has 4 nitrogen and oxygen atoms in total. The van der Waals surface area contributed by atoms with E-state index in [9.17, 15) is 14.5 Å². The van der Waals surface area contributed by atoms with E-state index in [1.807, 2.05) is 4.90 Å². The Morgan fingerprint density at radius 2 is 1.78 bits per heavy atom. The normalized spacial score (nSPS) is 15.2. The maximum atomic E-state index is 14.3. The zero-order valence-corrected chi connectivity index (χ0v) is 15.0. The topological polar surface area (TPSA) is 46.4 Å². The monoisotopic (exact) mass is 364 g/mol. The number of nitro benzene ring substituents is 1. The van der Waals surface area contributed by atoms with Crippen LogP contribution < -0.4 is 4.90 Å². The van der Waals surface area contributed by atoms with Gasteiger partial charge in [-0.05, 0) is 47.6 Å². The van der Waals surface area contributed by atoms with E-state index >= 15 is 0 Å². The van der Waals surface area contributed by atoms with Crippen molar-refractivity contribution in [1.29, 1.82) is 0 Å². The number of rotatable bonds is 4. The highest BCUT2D eigenvalue weighted by Gasteiger charge is 2.23. The van der Waals surface area contributed by atoms with Crippen molar-refractivity contribution in [3.05, 3.63) is 82.2 Å². The van der Waals surface area contributed by atoms with Gasteiger partial charge in [-0.3, -0.25) is 10.1 Å². The van der Waals surface area contributed by atoms with Crippen LogP contribution in [0.15, 0.2) is 60.7 Å². The van der Waals surface area contributed by atoms with Crippen LogP contribution in [0.25, 0.3) is 10.8 Å². The van der Waals surface area contributed by atoms with E-state index < -0.39 is 10.7 Å². The van der Waals surface area contributed by atoms with Gasteiger partial charge in [0, 0.05) is 19.2 Å². The molecule has 0 spiro atoms. The number of anilines is 1. The van der Waals surface area contributed by atoms with Crippen molar-refractivity contribution < 1.29 is 9.31 Å². The van der Waals surface area contributed by atoms with Crippen molar-refractivity contribution >= 4 is 22.1 Å². The SMILES string of the molecule is O=[N+]([O-])c1ccc(N2CCC(Cc3cccc4ccccc34)CC2)c(F)c1. The van der Waals surface area contributed by atoms with Gasteiger partial charge < -0.3 is 4.90 Å². The molecular formula is C22H21FN2O2. The molecule has 1 aliphatic rings. The zero-order chi connectivity index (χ0) is 18.8. The Labute approximate surface area is 157 Å². The van der Waals surface area contributed by atoms with E-state index in [-0.39, 0.29) is 5.69 Å². The Bertz CT molecular complexity index is 976. The highest BCUT2D eigenvalue weighted by atomic mass is 19.1. The number of piperidine rings is 1. The van der Waals surface area contributed by atoms with Gasteiger partial charge in [0.15, 0.2) is 5.82 Å². The predicted molar refractivity (Wildman–Crippen MR) is 106 cm³/mol. The van der Waals surface area contributed by atoms with Gasteiger partial charge in [0.25, 0.3) is 5.69 Å². The van der Waals surface area contributed by atoms with Crippen LogP contribution in [-0.4, -0.2) is 18.0 Å². The van der Waals surface area contributed by atoms with E-state index in [1.54, 1.807) is 0 Å². The molecule has 1 heterocycles. The summed E-state index contributed by atoms with van der Waals surface area (Å²) in [5, 5.41) is 13.3. The summed E-state index contributed by atoms with van der Waals surface area (Å²) in [5.74, 6) is 0.0462. The molecule has 0 aromatic heterocycles. The fraction of sp³-hybridized carbons (Fsp3) is 0.273. The van der Waals surface area contributed by atoms with Crippen LogP contribution in [0.5, 0.6) is 0 Å². The molecule has 0 unspecified atom stereocenters. The summed E-state index contributed by atoms with van der Waals surface area (Å²) in [4.78, 5) is 12.2. The summed E-state index contributed by atoms with van der Waals surface area (Å²) in [6.45, 7) is 1.54. The van der Waals surface area contributed by atoms with Crippen LogP contribution in [0, 0.1) is 21.8 Å². The number of halogens is 1. The second-order valence-corrected chi connectivity index (χ2v) is 7.17. The molecule has 1 saturated heterocycles. The summed E-state index contributed by atoms with van der Waals surface area (Å²) in [6, 6.07) is 18.8. The summed E-state index contributed by atoms with van der Waals surface area (Å²) < 4.78 is 14.3. The van der Waals surface area contributed by atoms with Crippen LogP contribution in [0.3, 0.4) is 0 Å². The van der Waals surface area contributed by atoms with Crippen molar-refractivity contribution in [1.82, 2.24) is 0 Å². The molecule has 1 aliphatic heterocycles. The second-order valence-electron chi connectivity index (χ2n) is 7.17. The lowest BCUT2D eigenvalue weighted by atomic mass is 9.88. The molecule has 3 aromatic carbocycles. The van der Waals surface area contributed by atoms with Crippen LogP contribution in [0.4, 0.5) is 15.8 Å². The third-order valence-electron chi connectivity index (χ3n) is 5.49. The maximum Gasteiger partial charge on any atom is 0.272 e. The fourth-order valence-electron chi connectivity index (χ4n) is 4.03. The van der Waals surface area contributed by atoms with Crippen LogP contribution in [0.1, 0.15) is 18.4 Å². The first-order valence-corrected chi connectivity index (χ1v) is 9.27. The Morgan fingerprint density at radius 3 is 2.52 bits per heavy atom. The molecule has 5 heteroatoms. The zero-order valence-electron chi connectivity index (χ0n) is 15.0. The van der Waals surface area contributed by atoms with E-state index in [4.69, 9.17) is 0 Å². The molecule has 4 rings (SSSR count). The predicted octanol–water partition coefficient (Wildman–Crippen LogP) is 5.35. The molecule has 3 aromatic rings. The standard InChI is InChI=1S/C22H21FN2O2/c23-21-15-19(25(26)27)8-9-22(21)24-12-10-16(11-13-24)14-18-6-3-5-17-4-1-2-7-20(17)18/h1-9,15-16H,10-14H2. The van der Waals surface area contributed by atoms with Gasteiger partial charge >= 0.3 is 0 Å². The number of nitrogens with zero attached hydrogens (tertiary/aromatic N) is 2. The molecule has 0 N–H and O–H groups in total. The summed E-state index contributed by atoms with van der Waals surface area (Å²) in [7, 11) is 0. The smallest absolute Gasteiger partial charge is 0.272 e. The number of fused-ring (bicyclic) bond motifs is 1. The van der Waals surface area contributed by atoms with E-state index in [0.29, 0.717) is 11.6 Å². The lowest BCUT2D eigenvalue weighted by Crippen LogP contribution is -2.34. The van der Waals surface area contributed by atoms with E-state index in [2.05, 4.69) is 42.5 Å². The lowest BCUT2D eigenvalue weighted by Gasteiger charge is -2.34. The minimum atomic E-state index is -0.566. The van der Waals surface area contributed by atoms with Crippen molar-refractivity contribution in [3.63, 3.8) is 0 Å². The Balaban J connectivity index is 1.44. The first-order chi connectivity index (χ1) is 13.1. The van der Waals surface area contributed by atoms with Gasteiger partial charge in [-0.25, -0.2) is 4.39 Å². The average molecular weight is 364 g/mol. The number of benzene rings is 3. The summed E-state index contributed by atoms with van der Waals surface area (Å²) in [6.07, 6.45) is 3.00. The number of hydrogen-bond acceptors (Lipinski definition) is 3. The first-order valence-electron chi connectivity index (χ1n) is 9.27. The third kappa shape index (κ3) is 3.63. The van der Waals surface area contributed by atoms with Crippen molar-refractivity contribution in [2.75, 3.05) is 18.0 Å². The Hall–Kier alpha value is -2.95. The third-order valence-corrected chi connectivity index (χ3v) is 5.49. The van der Waals surface area contributed by atoms with Crippen LogP contribution in [0.2, 0.25) is 0 Å². The molecular weight excluding hydrogens is 343 g/mol. The van der Waals surface area contributed by atoms with Gasteiger partial charge in [0.1, 0.15) is 0 Å².